The summed E-state index contributed by atoms with van der Waals surface area (Å²) in [4.78, 5) is 25.7. The molecule has 0 aliphatic carbocycles. The summed E-state index contributed by atoms with van der Waals surface area (Å²) in [6.45, 7) is 1.89. The van der Waals surface area contributed by atoms with E-state index in [-0.39, 0.29) is 18.4 Å². The zero-order valence-electron chi connectivity index (χ0n) is 15.3. The maximum absolute atomic E-state index is 12.3. The van der Waals surface area contributed by atoms with E-state index >= 15 is 0 Å². The van der Waals surface area contributed by atoms with Gasteiger partial charge < -0.3 is 19.7 Å². The fraction of sp³-hybridized carbons (Fsp3) is 0.300. The molecule has 0 saturated heterocycles. The van der Waals surface area contributed by atoms with Crippen molar-refractivity contribution in [1.29, 1.82) is 0 Å². The fourth-order valence-corrected chi connectivity index (χ4v) is 2.55. The van der Waals surface area contributed by atoms with E-state index in [0.29, 0.717) is 24.4 Å². The summed E-state index contributed by atoms with van der Waals surface area (Å²) in [6, 6.07) is 14.8. The fourth-order valence-electron chi connectivity index (χ4n) is 2.55. The number of hydrogen-bond donors (Lipinski definition) is 1. The molecule has 2 aromatic rings. The molecule has 0 aromatic heterocycles. The Morgan fingerprint density at radius 3 is 2.50 bits per heavy atom. The highest BCUT2D eigenvalue weighted by Gasteiger charge is 2.15. The number of rotatable bonds is 8. The number of ether oxygens (including phenoxy) is 2. The van der Waals surface area contributed by atoms with Crippen molar-refractivity contribution in [2.75, 3.05) is 32.6 Å². The highest BCUT2D eigenvalue weighted by molar-refractivity contribution is 5.95. The van der Waals surface area contributed by atoms with Crippen molar-refractivity contribution in [2.24, 2.45) is 0 Å². The predicted octanol–water partition coefficient (Wildman–Crippen LogP) is 2.73. The molecule has 2 aromatic carbocycles. The number of hydrogen-bond acceptors (Lipinski definition) is 4. The molecule has 6 nitrogen and oxygen atoms in total. The zero-order valence-corrected chi connectivity index (χ0v) is 15.3. The SMILES string of the molecule is COc1cccc(CCN(CC(=O)Nc2ccccc2OC)C(C)=O)c1. The first-order chi connectivity index (χ1) is 12.5. The third-order valence-corrected chi connectivity index (χ3v) is 3.97. The van der Waals surface area contributed by atoms with E-state index in [4.69, 9.17) is 9.47 Å². The van der Waals surface area contributed by atoms with Gasteiger partial charge in [-0.1, -0.05) is 24.3 Å². The number of para-hydroxylation sites is 2. The molecule has 0 bridgehead atoms. The van der Waals surface area contributed by atoms with Crippen LogP contribution in [-0.4, -0.2) is 44.0 Å². The summed E-state index contributed by atoms with van der Waals surface area (Å²) < 4.78 is 10.4. The number of benzene rings is 2. The Labute approximate surface area is 153 Å². The van der Waals surface area contributed by atoms with Crippen LogP contribution in [0.2, 0.25) is 0 Å². The Bertz CT molecular complexity index is 761. The summed E-state index contributed by atoms with van der Waals surface area (Å²) in [5.74, 6) is 0.927. The van der Waals surface area contributed by atoms with Gasteiger partial charge in [-0.3, -0.25) is 9.59 Å². The number of methoxy groups -OCH3 is 2. The molecule has 0 unspecified atom stereocenters. The smallest absolute Gasteiger partial charge is 0.244 e. The van der Waals surface area contributed by atoms with Gasteiger partial charge in [0, 0.05) is 13.5 Å². The van der Waals surface area contributed by atoms with Crippen LogP contribution in [0.3, 0.4) is 0 Å². The van der Waals surface area contributed by atoms with Crippen LogP contribution in [0, 0.1) is 0 Å². The lowest BCUT2D eigenvalue weighted by molar-refractivity contribution is -0.132. The molecule has 0 aliphatic heterocycles. The van der Waals surface area contributed by atoms with E-state index in [9.17, 15) is 9.59 Å². The van der Waals surface area contributed by atoms with Crippen molar-refractivity contribution in [3.8, 4) is 11.5 Å². The van der Waals surface area contributed by atoms with Gasteiger partial charge in [-0.15, -0.1) is 0 Å². The van der Waals surface area contributed by atoms with Crippen molar-refractivity contribution in [3.05, 3.63) is 54.1 Å². The van der Waals surface area contributed by atoms with Gasteiger partial charge in [-0.25, -0.2) is 0 Å². The average Bonchev–Trinajstić information content (AvgIpc) is 2.65. The number of anilines is 1. The van der Waals surface area contributed by atoms with E-state index in [2.05, 4.69) is 5.32 Å². The van der Waals surface area contributed by atoms with Crippen LogP contribution in [0.5, 0.6) is 11.5 Å². The standard InChI is InChI=1S/C20H24N2O4/c1-15(23)22(12-11-16-7-6-8-17(13-16)25-2)14-20(24)21-18-9-4-5-10-19(18)26-3/h4-10,13H,11-12,14H2,1-3H3,(H,21,24). The molecular weight excluding hydrogens is 332 g/mol. The van der Waals surface area contributed by atoms with Crippen molar-refractivity contribution in [1.82, 2.24) is 4.90 Å². The molecule has 2 amide bonds. The van der Waals surface area contributed by atoms with Gasteiger partial charge in [0.25, 0.3) is 0 Å². The molecule has 6 heteroatoms. The number of carbonyl (C=O) groups is 2. The van der Waals surface area contributed by atoms with Crippen molar-refractivity contribution < 1.29 is 19.1 Å². The number of carbonyl (C=O) groups excluding carboxylic acids is 2. The van der Waals surface area contributed by atoms with Crippen LogP contribution in [0.4, 0.5) is 5.69 Å². The van der Waals surface area contributed by atoms with Gasteiger partial charge in [-0.05, 0) is 36.2 Å². The molecule has 2 rings (SSSR count). The van der Waals surface area contributed by atoms with E-state index in [0.717, 1.165) is 11.3 Å². The van der Waals surface area contributed by atoms with Gasteiger partial charge in [0.05, 0.1) is 26.5 Å². The normalized spacial score (nSPS) is 10.1. The maximum Gasteiger partial charge on any atom is 0.244 e. The highest BCUT2D eigenvalue weighted by atomic mass is 16.5. The zero-order chi connectivity index (χ0) is 18.9. The maximum atomic E-state index is 12.3. The van der Waals surface area contributed by atoms with Crippen LogP contribution < -0.4 is 14.8 Å². The number of amides is 2. The topological polar surface area (TPSA) is 67.9 Å². The van der Waals surface area contributed by atoms with Crippen LogP contribution >= 0.6 is 0 Å². The van der Waals surface area contributed by atoms with Gasteiger partial charge in [0.2, 0.25) is 11.8 Å². The molecule has 1 N–H and O–H groups in total. The lowest BCUT2D eigenvalue weighted by Crippen LogP contribution is -2.38. The second-order valence-corrected chi connectivity index (χ2v) is 5.79. The van der Waals surface area contributed by atoms with Gasteiger partial charge in [-0.2, -0.15) is 0 Å². The summed E-state index contributed by atoms with van der Waals surface area (Å²) in [5.41, 5.74) is 1.62. The Balaban J connectivity index is 1.96. The molecule has 0 saturated carbocycles. The minimum absolute atomic E-state index is 0.0165. The summed E-state index contributed by atoms with van der Waals surface area (Å²) in [5, 5.41) is 2.79. The highest BCUT2D eigenvalue weighted by Crippen LogP contribution is 2.22. The first-order valence-electron chi connectivity index (χ1n) is 8.34. The summed E-state index contributed by atoms with van der Waals surface area (Å²) in [6.07, 6.45) is 0.638. The Kier molecular flexibility index (Phi) is 7.02. The van der Waals surface area contributed by atoms with Gasteiger partial charge >= 0.3 is 0 Å². The Morgan fingerprint density at radius 1 is 1.04 bits per heavy atom. The lowest BCUT2D eigenvalue weighted by Gasteiger charge is -2.21. The Morgan fingerprint density at radius 2 is 1.81 bits per heavy atom. The number of nitrogens with zero attached hydrogens (tertiary/aromatic N) is 1. The second-order valence-electron chi connectivity index (χ2n) is 5.79. The molecule has 0 spiro atoms. The molecule has 0 atom stereocenters. The van der Waals surface area contributed by atoms with E-state index in [1.165, 1.54) is 11.8 Å². The molecule has 138 valence electrons. The number of nitrogens with one attached hydrogen (secondary N) is 1. The lowest BCUT2D eigenvalue weighted by atomic mass is 10.1. The molecule has 0 aliphatic rings. The van der Waals surface area contributed by atoms with Crippen molar-refractivity contribution in [3.63, 3.8) is 0 Å². The molecule has 0 heterocycles. The molecule has 26 heavy (non-hydrogen) atoms. The first kappa shape index (κ1) is 19.3. The van der Waals surface area contributed by atoms with Crippen LogP contribution in [-0.2, 0) is 16.0 Å². The third kappa shape index (κ3) is 5.51. The van der Waals surface area contributed by atoms with E-state index in [1.54, 1.807) is 26.4 Å². The summed E-state index contributed by atoms with van der Waals surface area (Å²) in [7, 11) is 3.16. The largest absolute Gasteiger partial charge is 0.497 e. The molecule has 0 radical (unpaired) electrons. The molecular formula is C20H24N2O4. The van der Waals surface area contributed by atoms with E-state index in [1.807, 2.05) is 36.4 Å². The predicted molar refractivity (Wildman–Crippen MR) is 101 cm³/mol. The monoisotopic (exact) mass is 356 g/mol. The molecule has 0 fully saturated rings. The second kappa shape index (κ2) is 9.46. The first-order valence-corrected chi connectivity index (χ1v) is 8.34. The average molecular weight is 356 g/mol. The van der Waals surface area contributed by atoms with Crippen molar-refractivity contribution in [2.45, 2.75) is 13.3 Å². The minimum Gasteiger partial charge on any atom is -0.497 e. The quantitative estimate of drug-likeness (QED) is 0.790. The third-order valence-electron chi connectivity index (χ3n) is 3.97. The van der Waals surface area contributed by atoms with Crippen LogP contribution in [0.1, 0.15) is 12.5 Å². The summed E-state index contributed by atoms with van der Waals surface area (Å²) >= 11 is 0. The Hall–Kier alpha value is -3.02. The van der Waals surface area contributed by atoms with Crippen LogP contribution in [0.25, 0.3) is 0 Å². The minimum atomic E-state index is -0.268. The van der Waals surface area contributed by atoms with Crippen molar-refractivity contribution >= 4 is 17.5 Å². The van der Waals surface area contributed by atoms with E-state index < -0.39 is 0 Å². The van der Waals surface area contributed by atoms with Gasteiger partial charge in [0.15, 0.2) is 0 Å². The van der Waals surface area contributed by atoms with Gasteiger partial charge in [0.1, 0.15) is 11.5 Å². The van der Waals surface area contributed by atoms with Crippen LogP contribution in [0.15, 0.2) is 48.5 Å².